The first kappa shape index (κ1) is 13.0. The quantitative estimate of drug-likeness (QED) is 0.773. The van der Waals surface area contributed by atoms with Gasteiger partial charge in [-0.3, -0.25) is 4.79 Å². The fourth-order valence-electron chi connectivity index (χ4n) is 1.27. The molecule has 2 nitrogen and oxygen atoms in total. The van der Waals surface area contributed by atoms with E-state index in [4.69, 9.17) is 4.74 Å². The van der Waals surface area contributed by atoms with Gasteiger partial charge in [-0.2, -0.15) is 0 Å². The Morgan fingerprint density at radius 3 is 2.69 bits per heavy atom. The molecule has 1 aromatic carbocycles. The smallest absolute Gasteiger partial charge is 0.134 e. The van der Waals surface area contributed by atoms with Gasteiger partial charge in [-0.1, -0.05) is 18.7 Å². The highest BCUT2D eigenvalue weighted by molar-refractivity contribution is 9.10. The lowest BCUT2D eigenvalue weighted by Gasteiger charge is -2.10. The molecule has 0 unspecified atom stereocenters. The van der Waals surface area contributed by atoms with Crippen LogP contribution in [0.3, 0.4) is 0 Å². The van der Waals surface area contributed by atoms with Gasteiger partial charge in [-0.15, -0.1) is 0 Å². The maximum atomic E-state index is 11.1. The molecule has 3 heteroatoms. The summed E-state index contributed by atoms with van der Waals surface area (Å²) >= 11 is 3.45. The molecule has 1 rings (SSSR count). The third-order valence-corrected chi connectivity index (χ3v) is 2.86. The van der Waals surface area contributed by atoms with Crippen molar-refractivity contribution in [2.24, 2.45) is 0 Å². The van der Waals surface area contributed by atoms with Crippen LogP contribution in [-0.2, 0) is 11.2 Å². The van der Waals surface area contributed by atoms with E-state index in [9.17, 15) is 4.79 Å². The first-order valence-corrected chi connectivity index (χ1v) is 5.84. The molecule has 0 heterocycles. The average molecular weight is 283 g/mol. The number of benzene rings is 1. The molecule has 16 heavy (non-hydrogen) atoms. The second kappa shape index (κ2) is 5.85. The predicted molar refractivity (Wildman–Crippen MR) is 68.8 cm³/mol. The highest BCUT2D eigenvalue weighted by Gasteiger charge is 2.08. The number of ether oxygens (including phenoxy) is 1. The lowest BCUT2D eigenvalue weighted by atomic mass is 10.1. The van der Waals surface area contributed by atoms with E-state index in [1.165, 1.54) is 0 Å². The van der Waals surface area contributed by atoms with Gasteiger partial charge < -0.3 is 4.74 Å². The maximum absolute atomic E-state index is 11.1. The summed E-state index contributed by atoms with van der Waals surface area (Å²) in [6.07, 6.45) is 0.421. The monoisotopic (exact) mass is 282 g/mol. The first-order valence-electron chi connectivity index (χ1n) is 5.04. The summed E-state index contributed by atoms with van der Waals surface area (Å²) in [5.41, 5.74) is 1.91. The maximum Gasteiger partial charge on any atom is 0.134 e. The minimum atomic E-state index is 0.137. The van der Waals surface area contributed by atoms with Gasteiger partial charge in [0.2, 0.25) is 0 Å². The molecule has 0 saturated carbocycles. The molecule has 0 N–H and O–H groups in total. The fraction of sp³-hybridized carbons (Fsp3) is 0.308. The van der Waals surface area contributed by atoms with Crippen LogP contribution in [0, 0.1) is 0 Å². The lowest BCUT2D eigenvalue weighted by molar-refractivity contribution is -0.116. The number of hydrogen-bond acceptors (Lipinski definition) is 2. The van der Waals surface area contributed by atoms with Crippen molar-refractivity contribution in [3.05, 3.63) is 40.4 Å². The average Bonchev–Trinajstić information content (AvgIpc) is 2.18. The minimum Gasteiger partial charge on any atom is -0.488 e. The summed E-state index contributed by atoms with van der Waals surface area (Å²) in [4.78, 5) is 11.1. The summed E-state index contributed by atoms with van der Waals surface area (Å²) in [7, 11) is 0. The predicted octanol–water partition coefficient (Wildman–Crippen LogP) is 3.54. The molecule has 86 valence electrons. The van der Waals surface area contributed by atoms with Crippen molar-refractivity contribution in [2.75, 3.05) is 6.61 Å². The molecule has 0 radical (unpaired) electrons. The Balaban J connectivity index is 2.85. The molecule has 0 aliphatic heterocycles. The van der Waals surface area contributed by atoms with Crippen molar-refractivity contribution < 1.29 is 9.53 Å². The van der Waals surface area contributed by atoms with Crippen molar-refractivity contribution in [3.8, 4) is 5.75 Å². The number of carbonyl (C=O) groups is 1. The van der Waals surface area contributed by atoms with Crippen molar-refractivity contribution in [1.29, 1.82) is 0 Å². The Morgan fingerprint density at radius 2 is 2.12 bits per heavy atom. The van der Waals surface area contributed by atoms with Crippen molar-refractivity contribution in [1.82, 2.24) is 0 Å². The third kappa shape index (κ3) is 3.81. The fourth-order valence-corrected chi connectivity index (χ4v) is 1.79. The van der Waals surface area contributed by atoms with Crippen LogP contribution >= 0.6 is 15.9 Å². The van der Waals surface area contributed by atoms with Crippen molar-refractivity contribution in [2.45, 2.75) is 20.3 Å². The Kier molecular flexibility index (Phi) is 4.74. The number of carbonyl (C=O) groups excluding carboxylic acids is 1. The molecule has 0 atom stereocenters. The van der Waals surface area contributed by atoms with Crippen LogP contribution in [0.2, 0.25) is 0 Å². The second-order valence-corrected chi connectivity index (χ2v) is 4.65. The van der Waals surface area contributed by atoms with E-state index in [-0.39, 0.29) is 5.78 Å². The van der Waals surface area contributed by atoms with Crippen LogP contribution in [0.4, 0.5) is 0 Å². The molecule has 0 fully saturated rings. The molecule has 0 saturated heterocycles. The van der Waals surface area contributed by atoms with Gasteiger partial charge >= 0.3 is 0 Å². The summed E-state index contributed by atoms with van der Waals surface area (Å²) in [5, 5.41) is 0. The molecule has 0 spiro atoms. The molecule has 1 aromatic rings. The lowest BCUT2D eigenvalue weighted by Crippen LogP contribution is -2.01. The molecular weight excluding hydrogens is 268 g/mol. The van der Waals surface area contributed by atoms with Crippen LogP contribution in [0.25, 0.3) is 0 Å². The zero-order chi connectivity index (χ0) is 12.1. The summed E-state index contributed by atoms with van der Waals surface area (Å²) in [5.74, 6) is 0.888. The topological polar surface area (TPSA) is 26.3 Å². The Bertz CT molecular complexity index is 410. The minimum absolute atomic E-state index is 0.137. The van der Waals surface area contributed by atoms with Gasteiger partial charge in [-0.05, 0) is 47.0 Å². The van der Waals surface area contributed by atoms with Gasteiger partial charge in [0.1, 0.15) is 18.1 Å². The number of halogens is 1. The molecule has 0 aliphatic carbocycles. The highest BCUT2D eigenvalue weighted by Crippen LogP contribution is 2.29. The van der Waals surface area contributed by atoms with Gasteiger partial charge in [0.15, 0.2) is 0 Å². The summed E-state index contributed by atoms with van der Waals surface area (Å²) in [6, 6.07) is 5.67. The Labute approximate surface area is 104 Å². The van der Waals surface area contributed by atoms with Gasteiger partial charge in [0.05, 0.1) is 4.47 Å². The van der Waals surface area contributed by atoms with Gasteiger partial charge in [0.25, 0.3) is 0 Å². The van der Waals surface area contributed by atoms with Crippen LogP contribution in [0.5, 0.6) is 5.75 Å². The van der Waals surface area contributed by atoms with E-state index in [1.807, 2.05) is 25.1 Å². The zero-order valence-corrected chi connectivity index (χ0v) is 11.1. The van der Waals surface area contributed by atoms with E-state index >= 15 is 0 Å². The van der Waals surface area contributed by atoms with E-state index < -0.39 is 0 Å². The van der Waals surface area contributed by atoms with Gasteiger partial charge in [0, 0.05) is 6.42 Å². The van der Waals surface area contributed by atoms with Crippen LogP contribution < -0.4 is 4.74 Å². The Hall–Kier alpha value is -1.09. The number of ketones is 1. The number of Topliss-reactive ketones (excluding diaryl/α,β-unsaturated/α-hetero) is 1. The van der Waals surface area contributed by atoms with Crippen LogP contribution in [0.1, 0.15) is 19.4 Å². The van der Waals surface area contributed by atoms with Crippen molar-refractivity contribution >= 4 is 21.7 Å². The Morgan fingerprint density at radius 1 is 1.44 bits per heavy atom. The van der Waals surface area contributed by atoms with Gasteiger partial charge in [-0.25, -0.2) is 0 Å². The van der Waals surface area contributed by atoms with Crippen LogP contribution in [-0.4, -0.2) is 12.4 Å². The molecule has 0 bridgehead atoms. The first-order chi connectivity index (χ1) is 7.50. The van der Waals surface area contributed by atoms with E-state index in [1.54, 1.807) is 6.92 Å². The number of hydrogen-bond donors (Lipinski definition) is 0. The van der Waals surface area contributed by atoms with E-state index in [0.29, 0.717) is 13.0 Å². The highest BCUT2D eigenvalue weighted by atomic mass is 79.9. The molecule has 0 amide bonds. The van der Waals surface area contributed by atoms with E-state index in [2.05, 4.69) is 22.5 Å². The third-order valence-electron chi connectivity index (χ3n) is 1.96. The summed E-state index contributed by atoms with van der Waals surface area (Å²) in [6.45, 7) is 7.75. The van der Waals surface area contributed by atoms with Crippen LogP contribution in [0.15, 0.2) is 34.8 Å². The largest absolute Gasteiger partial charge is 0.488 e. The van der Waals surface area contributed by atoms with Crippen molar-refractivity contribution in [3.63, 3.8) is 0 Å². The summed E-state index contributed by atoms with van der Waals surface area (Å²) < 4.78 is 6.42. The standard InChI is InChI=1S/C13H15BrO2/c1-9(2)8-16-12-6-4-5-11(13(12)14)7-10(3)15/h4-6H,1,7-8H2,2-3H3. The molecule has 0 aromatic heterocycles. The second-order valence-electron chi connectivity index (χ2n) is 3.85. The molecule has 0 aliphatic rings. The number of rotatable bonds is 5. The molecular formula is C13H15BrO2. The SMILES string of the molecule is C=C(C)COc1cccc(CC(C)=O)c1Br. The van der Waals surface area contributed by atoms with E-state index in [0.717, 1.165) is 21.4 Å². The normalized spacial score (nSPS) is 9.94. The zero-order valence-electron chi connectivity index (χ0n) is 9.55.